The third-order valence-corrected chi connectivity index (χ3v) is 4.32. The van der Waals surface area contributed by atoms with E-state index in [0.717, 1.165) is 0 Å². The summed E-state index contributed by atoms with van der Waals surface area (Å²) in [5.41, 5.74) is 0.641. The molecule has 104 valence electrons. The number of halogens is 2. The molecule has 0 bridgehead atoms. The Labute approximate surface area is 120 Å². The lowest BCUT2D eigenvalue weighted by Gasteiger charge is -2.13. The maximum atomic E-state index is 12.0. The van der Waals surface area contributed by atoms with Crippen LogP contribution in [0, 0.1) is 6.92 Å². The lowest BCUT2D eigenvalue weighted by atomic mass is 10.2. The molecule has 7 heteroatoms. The summed E-state index contributed by atoms with van der Waals surface area (Å²) in [6.07, 6.45) is 0. The van der Waals surface area contributed by atoms with Crippen LogP contribution in [0.1, 0.15) is 12.5 Å². The summed E-state index contributed by atoms with van der Waals surface area (Å²) in [6.45, 7) is 3.97. The van der Waals surface area contributed by atoms with Crippen molar-refractivity contribution in [3.8, 4) is 0 Å². The highest BCUT2D eigenvalue weighted by Gasteiger charge is 2.17. The maximum absolute atomic E-state index is 12.0. The van der Waals surface area contributed by atoms with E-state index in [1.54, 1.807) is 26.1 Å². The van der Waals surface area contributed by atoms with Crippen molar-refractivity contribution in [2.75, 3.05) is 13.6 Å². The molecule has 0 spiro atoms. The first-order valence-corrected chi connectivity index (χ1v) is 7.16. The van der Waals surface area contributed by atoms with Gasteiger partial charge in [-0.25, -0.2) is 13.1 Å². The molecule has 0 heterocycles. The molecule has 0 amide bonds. The van der Waals surface area contributed by atoms with E-state index in [4.69, 9.17) is 11.6 Å². The summed E-state index contributed by atoms with van der Waals surface area (Å²) < 4.78 is 26.6. The van der Waals surface area contributed by atoms with Crippen LogP contribution in [0.25, 0.3) is 0 Å². The molecule has 1 atom stereocenters. The van der Waals surface area contributed by atoms with Crippen molar-refractivity contribution in [1.29, 1.82) is 0 Å². The molecule has 0 saturated carbocycles. The minimum Gasteiger partial charge on any atom is -0.316 e. The number of hydrogen-bond donors (Lipinski definition) is 2. The van der Waals surface area contributed by atoms with Gasteiger partial charge >= 0.3 is 0 Å². The molecule has 1 unspecified atom stereocenters. The number of hydrogen-bond acceptors (Lipinski definition) is 3. The molecule has 1 rings (SSSR count). The summed E-state index contributed by atoms with van der Waals surface area (Å²) in [5.74, 6) is 0. The second-order valence-corrected chi connectivity index (χ2v) is 6.12. The Bertz CT molecular complexity index is 492. The van der Waals surface area contributed by atoms with Crippen LogP contribution in [0.15, 0.2) is 23.1 Å². The maximum Gasteiger partial charge on any atom is 0.240 e. The molecular formula is C11H18Cl2N2O2S. The Balaban J connectivity index is 0.00000289. The molecule has 4 nitrogen and oxygen atoms in total. The molecule has 1 aromatic rings. The van der Waals surface area contributed by atoms with Gasteiger partial charge in [0.1, 0.15) is 0 Å². The first-order chi connectivity index (χ1) is 7.86. The van der Waals surface area contributed by atoms with Crippen LogP contribution in [-0.2, 0) is 10.0 Å². The lowest BCUT2D eigenvalue weighted by molar-refractivity contribution is 0.554. The van der Waals surface area contributed by atoms with Crippen LogP contribution < -0.4 is 10.0 Å². The van der Waals surface area contributed by atoms with Gasteiger partial charge in [0.2, 0.25) is 10.0 Å². The summed E-state index contributed by atoms with van der Waals surface area (Å²) in [7, 11) is -1.68. The highest BCUT2D eigenvalue weighted by molar-refractivity contribution is 7.89. The third kappa shape index (κ3) is 4.74. The molecule has 2 N–H and O–H groups in total. The molecule has 0 fully saturated rings. The topological polar surface area (TPSA) is 58.2 Å². The van der Waals surface area contributed by atoms with E-state index < -0.39 is 10.0 Å². The number of nitrogens with one attached hydrogen (secondary N) is 2. The van der Waals surface area contributed by atoms with Gasteiger partial charge in [-0.15, -0.1) is 12.4 Å². The van der Waals surface area contributed by atoms with Gasteiger partial charge in [0.25, 0.3) is 0 Å². The molecule has 0 saturated heterocycles. The van der Waals surface area contributed by atoms with E-state index in [2.05, 4.69) is 10.0 Å². The van der Waals surface area contributed by atoms with Crippen molar-refractivity contribution < 1.29 is 8.42 Å². The van der Waals surface area contributed by atoms with Crippen LogP contribution in [0.5, 0.6) is 0 Å². The summed E-state index contributed by atoms with van der Waals surface area (Å²) in [6, 6.07) is 4.81. The second-order valence-electron chi connectivity index (χ2n) is 3.95. The van der Waals surface area contributed by atoms with Crippen molar-refractivity contribution in [2.45, 2.75) is 24.8 Å². The monoisotopic (exact) mass is 312 g/mol. The Hall–Kier alpha value is -0.330. The molecule has 0 aromatic heterocycles. The van der Waals surface area contributed by atoms with Crippen molar-refractivity contribution in [3.63, 3.8) is 0 Å². The zero-order chi connectivity index (χ0) is 13.1. The van der Waals surface area contributed by atoms with Crippen molar-refractivity contribution in [3.05, 3.63) is 28.8 Å². The predicted octanol–water partition coefficient (Wildman–Crippen LogP) is 1.96. The van der Waals surface area contributed by atoms with Gasteiger partial charge in [0.15, 0.2) is 0 Å². The Morgan fingerprint density at radius 2 is 2.00 bits per heavy atom. The van der Waals surface area contributed by atoms with Gasteiger partial charge in [-0.1, -0.05) is 11.6 Å². The number of rotatable bonds is 5. The quantitative estimate of drug-likeness (QED) is 0.873. The largest absolute Gasteiger partial charge is 0.316 e. The average Bonchev–Trinajstić information content (AvgIpc) is 2.25. The number of aryl methyl sites for hydroxylation is 1. The molecule has 0 aliphatic heterocycles. The number of likely N-dealkylation sites (N-methyl/N-ethyl adjacent to an activating group) is 1. The highest BCUT2D eigenvalue weighted by Crippen LogP contribution is 2.19. The summed E-state index contributed by atoms with van der Waals surface area (Å²) >= 11 is 5.79. The molecule has 0 aliphatic carbocycles. The minimum atomic E-state index is -3.46. The standard InChI is InChI=1S/C11H17ClN2O2S.ClH/c1-8-6-10(12)4-5-11(8)17(15,16)14-7-9(2)13-3;/h4-6,9,13-14H,7H2,1-3H3;1H. The second kappa shape index (κ2) is 7.31. The highest BCUT2D eigenvalue weighted by atomic mass is 35.5. The Morgan fingerprint density at radius 1 is 1.39 bits per heavy atom. The van der Waals surface area contributed by atoms with Crippen molar-refractivity contribution >= 4 is 34.0 Å². The average molecular weight is 313 g/mol. The van der Waals surface area contributed by atoms with E-state index in [9.17, 15) is 8.42 Å². The SMILES string of the molecule is CNC(C)CNS(=O)(=O)c1ccc(Cl)cc1C.Cl. The van der Waals surface area contributed by atoms with Crippen LogP contribution in [0.3, 0.4) is 0 Å². The van der Waals surface area contributed by atoms with Crippen LogP contribution in [0.4, 0.5) is 0 Å². The first-order valence-electron chi connectivity index (χ1n) is 5.30. The fourth-order valence-electron chi connectivity index (χ4n) is 1.33. The summed E-state index contributed by atoms with van der Waals surface area (Å²) in [5, 5.41) is 3.50. The molecule has 1 aromatic carbocycles. The number of sulfonamides is 1. The molecular weight excluding hydrogens is 295 g/mol. The van der Waals surface area contributed by atoms with E-state index in [-0.39, 0.29) is 23.3 Å². The smallest absolute Gasteiger partial charge is 0.240 e. The fraction of sp³-hybridized carbons (Fsp3) is 0.455. The van der Waals surface area contributed by atoms with Crippen LogP contribution in [-0.4, -0.2) is 28.1 Å². The molecule has 0 radical (unpaired) electrons. The van der Waals surface area contributed by atoms with E-state index >= 15 is 0 Å². The van der Waals surface area contributed by atoms with Gasteiger partial charge in [-0.05, 0) is 44.7 Å². The fourth-order valence-corrected chi connectivity index (χ4v) is 2.91. The number of benzene rings is 1. The summed E-state index contributed by atoms with van der Waals surface area (Å²) in [4.78, 5) is 0.269. The van der Waals surface area contributed by atoms with E-state index in [0.29, 0.717) is 17.1 Å². The van der Waals surface area contributed by atoms with Crippen molar-refractivity contribution in [2.24, 2.45) is 0 Å². The predicted molar refractivity (Wildman–Crippen MR) is 77.1 cm³/mol. The van der Waals surface area contributed by atoms with Gasteiger partial charge < -0.3 is 5.32 Å². The molecule has 0 aliphatic rings. The Kier molecular flexibility index (Phi) is 7.17. The molecule has 18 heavy (non-hydrogen) atoms. The van der Waals surface area contributed by atoms with Gasteiger partial charge in [0.05, 0.1) is 4.90 Å². The van der Waals surface area contributed by atoms with Crippen molar-refractivity contribution in [1.82, 2.24) is 10.0 Å². The van der Waals surface area contributed by atoms with Gasteiger partial charge in [-0.3, -0.25) is 0 Å². The lowest BCUT2D eigenvalue weighted by Crippen LogP contribution is -2.37. The van der Waals surface area contributed by atoms with E-state index in [1.807, 2.05) is 6.92 Å². The van der Waals surface area contributed by atoms with Gasteiger partial charge in [-0.2, -0.15) is 0 Å². The third-order valence-electron chi connectivity index (χ3n) is 2.50. The van der Waals surface area contributed by atoms with Crippen LogP contribution in [0.2, 0.25) is 5.02 Å². The first kappa shape index (κ1) is 17.7. The van der Waals surface area contributed by atoms with Gasteiger partial charge in [0, 0.05) is 17.6 Å². The Morgan fingerprint density at radius 3 is 2.50 bits per heavy atom. The zero-order valence-electron chi connectivity index (χ0n) is 10.5. The van der Waals surface area contributed by atoms with E-state index in [1.165, 1.54) is 6.07 Å². The zero-order valence-corrected chi connectivity index (χ0v) is 12.9. The normalized spacial score (nSPS) is 12.9. The van der Waals surface area contributed by atoms with Crippen LogP contribution >= 0.6 is 24.0 Å². The minimum absolute atomic E-state index is 0.